The van der Waals surface area contributed by atoms with E-state index in [0.29, 0.717) is 5.92 Å². The fourth-order valence-electron chi connectivity index (χ4n) is 1.66. The fraction of sp³-hybridized carbons (Fsp3) is 0.538. The van der Waals surface area contributed by atoms with Gasteiger partial charge in [0.25, 0.3) is 0 Å². The van der Waals surface area contributed by atoms with E-state index >= 15 is 0 Å². The van der Waals surface area contributed by atoms with E-state index in [9.17, 15) is 0 Å². The molecule has 0 bridgehead atoms. The number of rotatable bonds is 5. The summed E-state index contributed by atoms with van der Waals surface area (Å²) >= 11 is 3.43. The molecule has 16 heavy (non-hydrogen) atoms. The van der Waals surface area contributed by atoms with Crippen molar-refractivity contribution in [2.45, 2.75) is 32.7 Å². The topological polar surface area (TPSA) is 35.2 Å². The van der Waals surface area contributed by atoms with Gasteiger partial charge in [-0.25, -0.2) is 0 Å². The van der Waals surface area contributed by atoms with Gasteiger partial charge < -0.3 is 10.5 Å². The van der Waals surface area contributed by atoms with Crippen molar-refractivity contribution < 1.29 is 4.74 Å². The number of hydrogen-bond acceptors (Lipinski definition) is 2. The molecule has 0 aromatic heterocycles. The van der Waals surface area contributed by atoms with Crippen LogP contribution in [0.15, 0.2) is 22.7 Å². The minimum atomic E-state index is 0.0606. The van der Waals surface area contributed by atoms with Gasteiger partial charge in [0, 0.05) is 16.1 Å². The number of ether oxygens (including phenoxy) is 1. The van der Waals surface area contributed by atoms with E-state index in [4.69, 9.17) is 10.5 Å². The van der Waals surface area contributed by atoms with Crippen molar-refractivity contribution in [3.8, 4) is 5.75 Å². The first-order valence-electron chi connectivity index (χ1n) is 5.63. The minimum absolute atomic E-state index is 0.0606. The first kappa shape index (κ1) is 13.5. The van der Waals surface area contributed by atoms with Crippen LogP contribution in [-0.2, 0) is 0 Å². The Hall–Kier alpha value is -0.540. The number of hydrogen-bond donors (Lipinski definition) is 1. The van der Waals surface area contributed by atoms with Crippen LogP contribution in [0.4, 0.5) is 0 Å². The summed E-state index contributed by atoms with van der Waals surface area (Å²) in [6.45, 7) is 4.43. The Morgan fingerprint density at radius 1 is 1.31 bits per heavy atom. The molecule has 0 saturated heterocycles. The van der Waals surface area contributed by atoms with E-state index in [0.717, 1.165) is 28.6 Å². The van der Waals surface area contributed by atoms with E-state index in [1.54, 1.807) is 7.11 Å². The zero-order valence-electron chi connectivity index (χ0n) is 10.2. The van der Waals surface area contributed by atoms with Crippen molar-refractivity contribution in [3.05, 3.63) is 28.2 Å². The van der Waals surface area contributed by atoms with Gasteiger partial charge in [0.2, 0.25) is 0 Å². The van der Waals surface area contributed by atoms with E-state index in [2.05, 4.69) is 29.8 Å². The molecule has 2 nitrogen and oxygen atoms in total. The van der Waals surface area contributed by atoms with Crippen LogP contribution >= 0.6 is 15.9 Å². The molecule has 0 heterocycles. The van der Waals surface area contributed by atoms with E-state index < -0.39 is 0 Å². The number of methoxy groups -OCH3 is 1. The zero-order chi connectivity index (χ0) is 12.1. The summed E-state index contributed by atoms with van der Waals surface area (Å²) in [5, 5.41) is 0. The second-order valence-electron chi connectivity index (χ2n) is 4.46. The molecule has 1 aromatic carbocycles. The third kappa shape index (κ3) is 3.80. The lowest BCUT2D eigenvalue weighted by molar-refractivity contribution is 0.400. The zero-order valence-corrected chi connectivity index (χ0v) is 11.8. The van der Waals surface area contributed by atoms with Gasteiger partial charge in [0.15, 0.2) is 0 Å². The fourth-order valence-corrected chi connectivity index (χ4v) is 2.00. The molecular weight excluding hydrogens is 266 g/mol. The predicted molar refractivity (Wildman–Crippen MR) is 71.7 cm³/mol. The molecule has 1 rings (SSSR count). The lowest BCUT2D eigenvalue weighted by atomic mass is 9.98. The largest absolute Gasteiger partial charge is 0.496 e. The highest BCUT2D eigenvalue weighted by Gasteiger charge is 2.12. The van der Waals surface area contributed by atoms with Crippen molar-refractivity contribution in [1.29, 1.82) is 0 Å². The van der Waals surface area contributed by atoms with Crippen molar-refractivity contribution in [3.63, 3.8) is 0 Å². The molecule has 1 aromatic rings. The molecule has 90 valence electrons. The molecule has 0 spiro atoms. The van der Waals surface area contributed by atoms with Crippen LogP contribution < -0.4 is 10.5 Å². The standard InChI is InChI=1S/C13H20BrNO/c1-9(2)4-7-12(15)11-6-5-10(14)8-13(11)16-3/h5-6,8-9,12H,4,7,15H2,1-3H3/t12-/m1/s1. The van der Waals surface area contributed by atoms with Crippen molar-refractivity contribution in [2.24, 2.45) is 11.7 Å². The van der Waals surface area contributed by atoms with Crippen molar-refractivity contribution in [1.82, 2.24) is 0 Å². The Kier molecular flexibility index (Phi) is 5.29. The maximum absolute atomic E-state index is 6.17. The maximum Gasteiger partial charge on any atom is 0.124 e. The van der Waals surface area contributed by atoms with Gasteiger partial charge in [-0.3, -0.25) is 0 Å². The summed E-state index contributed by atoms with van der Waals surface area (Å²) in [6.07, 6.45) is 2.13. The quantitative estimate of drug-likeness (QED) is 0.891. The first-order chi connectivity index (χ1) is 7.54. The predicted octanol–water partition coefficient (Wildman–Crippen LogP) is 3.89. The first-order valence-corrected chi connectivity index (χ1v) is 6.43. The molecule has 2 N–H and O–H groups in total. The van der Waals surface area contributed by atoms with Gasteiger partial charge in [0.1, 0.15) is 5.75 Å². The van der Waals surface area contributed by atoms with Crippen LogP contribution in [-0.4, -0.2) is 7.11 Å². The van der Waals surface area contributed by atoms with Crippen LogP contribution in [0.3, 0.4) is 0 Å². The van der Waals surface area contributed by atoms with Crippen LogP contribution in [0.5, 0.6) is 5.75 Å². The highest BCUT2D eigenvalue weighted by Crippen LogP contribution is 2.30. The van der Waals surface area contributed by atoms with Gasteiger partial charge in [-0.1, -0.05) is 35.8 Å². The third-order valence-electron chi connectivity index (χ3n) is 2.65. The number of nitrogens with two attached hydrogens (primary N) is 1. The maximum atomic E-state index is 6.17. The Morgan fingerprint density at radius 2 is 2.00 bits per heavy atom. The summed E-state index contributed by atoms with van der Waals surface area (Å²) < 4.78 is 6.36. The SMILES string of the molecule is COc1cc(Br)ccc1[C@H](N)CCC(C)C. The molecule has 1 atom stereocenters. The van der Waals surface area contributed by atoms with Gasteiger partial charge in [-0.05, 0) is 30.9 Å². The van der Waals surface area contributed by atoms with E-state index in [-0.39, 0.29) is 6.04 Å². The second-order valence-corrected chi connectivity index (χ2v) is 5.38. The lowest BCUT2D eigenvalue weighted by Crippen LogP contribution is -2.12. The highest BCUT2D eigenvalue weighted by atomic mass is 79.9. The molecule has 3 heteroatoms. The summed E-state index contributed by atoms with van der Waals surface area (Å²) in [5.41, 5.74) is 7.26. The smallest absolute Gasteiger partial charge is 0.124 e. The van der Waals surface area contributed by atoms with E-state index in [1.807, 2.05) is 18.2 Å². The molecule has 0 fully saturated rings. The van der Waals surface area contributed by atoms with Gasteiger partial charge in [0.05, 0.1) is 7.11 Å². The second kappa shape index (κ2) is 6.26. The normalized spacial score (nSPS) is 12.9. The van der Waals surface area contributed by atoms with Crippen LogP contribution in [0.2, 0.25) is 0 Å². The van der Waals surface area contributed by atoms with E-state index in [1.165, 1.54) is 0 Å². The highest BCUT2D eigenvalue weighted by molar-refractivity contribution is 9.10. The van der Waals surface area contributed by atoms with Crippen LogP contribution in [0, 0.1) is 5.92 Å². The van der Waals surface area contributed by atoms with Gasteiger partial charge in [-0.2, -0.15) is 0 Å². The Bertz CT molecular complexity index is 339. The van der Waals surface area contributed by atoms with Crippen LogP contribution in [0.25, 0.3) is 0 Å². The average Bonchev–Trinajstić information content (AvgIpc) is 2.25. The number of benzene rings is 1. The average molecular weight is 286 g/mol. The molecular formula is C13H20BrNO. The minimum Gasteiger partial charge on any atom is -0.496 e. The van der Waals surface area contributed by atoms with Gasteiger partial charge >= 0.3 is 0 Å². The molecule has 0 amide bonds. The summed E-state index contributed by atoms with van der Waals surface area (Å²) in [6, 6.07) is 6.07. The van der Waals surface area contributed by atoms with Crippen molar-refractivity contribution in [2.75, 3.05) is 7.11 Å². The third-order valence-corrected chi connectivity index (χ3v) is 3.14. The lowest BCUT2D eigenvalue weighted by Gasteiger charge is -2.16. The molecule has 0 aliphatic carbocycles. The summed E-state index contributed by atoms with van der Waals surface area (Å²) in [5.74, 6) is 1.55. The summed E-state index contributed by atoms with van der Waals surface area (Å²) in [7, 11) is 1.68. The van der Waals surface area contributed by atoms with Gasteiger partial charge in [-0.15, -0.1) is 0 Å². The van der Waals surface area contributed by atoms with Crippen LogP contribution in [0.1, 0.15) is 38.3 Å². The molecule has 0 saturated carbocycles. The number of halogens is 1. The Morgan fingerprint density at radius 3 is 2.56 bits per heavy atom. The molecule has 0 radical (unpaired) electrons. The molecule has 0 aliphatic heterocycles. The summed E-state index contributed by atoms with van der Waals surface area (Å²) in [4.78, 5) is 0. The Labute approximate surface area is 106 Å². The molecule has 0 aliphatic rings. The molecule has 0 unspecified atom stereocenters. The van der Waals surface area contributed by atoms with Crippen molar-refractivity contribution >= 4 is 15.9 Å². The Balaban J connectivity index is 2.77. The monoisotopic (exact) mass is 285 g/mol.